The molecule has 0 amide bonds. The van der Waals surface area contributed by atoms with Gasteiger partial charge in [0.15, 0.2) is 19.7 Å². The summed E-state index contributed by atoms with van der Waals surface area (Å²) in [5.41, 5.74) is 7.53. The van der Waals surface area contributed by atoms with Crippen molar-refractivity contribution < 1.29 is 33.7 Å². The number of rotatable bonds is 9. The lowest BCUT2D eigenvalue weighted by atomic mass is 10.2. The van der Waals surface area contributed by atoms with Gasteiger partial charge >= 0.3 is 0 Å². The highest BCUT2D eigenvalue weighted by Crippen LogP contribution is 2.33. The molecular formula is C36H41BrN6O8S6. The first-order chi connectivity index (χ1) is 26.5. The molecule has 2 N–H and O–H groups in total. The molecule has 0 bridgehead atoms. The van der Waals surface area contributed by atoms with E-state index in [1.165, 1.54) is 60.7 Å². The summed E-state index contributed by atoms with van der Waals surface area (Å²) in [6, 6.07) is 16.3. The van der Waals surface area contributed by atoms with E-state index >= 15 is 0 Å². The Morgan fingerprint density at radius 2 is 1.16 bits per heavy atom. The van der Waals surface area contributed by atoms with Gasteiger partial charge in [-0.3, -0.25) is 0 Å². The Bertz CT molecular complexity index is 2820. The van der Waals surface area contributed by atoms with Gasteiger partial charge < -0.3 is 14.9 Å². The van der Waals surface area contributed by atoms with Crippen LogP contribution in [-0.4, -0.2) is 65.3 Å². The van der Waals surface area contributed by atoms with Gasteiger partial charge in [-0.1, -0.05) is 22.9 Å². The van der Waals surface area contributed by atoms with Crippen LogP contribution in [0.1, 0.15) is 29.3 Å². The van der Waals surface area contributed by atoms with Crippen molar-refractivity contribution in [3.63, 3.8) is 0 Å². The van der Waals surface area contributed by atoms with Crippen LogP contribution in [0, 0.1) is 18.3 Å². The number of imidazole rings is 2. The molecule has 57 heavy (non-hydrogen) atoms. The number of benzene rings is 2. The third kappa shape index (κ3) is 13.0. The molecule has 0 saturated carbocycles. The van der Waals surface area contributed by atoms with Gasteiger partial charge in [0.2, 0.25) is 19.7 Å². The van der Waals surface area contributed by atoms with Crippen molar-refractivity contribution >= 4 is 78.0 Å². The average molecular weight is 958 g/mol. The molecule has 0 aliphatic rings. The van der Waals surface area contributed by atoms with E-state index < -0.39 is 39.3 Å². The normalized spacial score (nSPS) is 11.6. The van der Waals surface area contributed by atoms with Gasteiger partial charge in [0.25, 0.3) is 0 Å². The summed E-state index contributed by atoms with van der Waals surface area (Å²) in [5, 5.41) is 7.32. The highest BCUT2D eigenvalue weighted by Gasteiger charge is 2.25. The Morgan fingerprint density at radius 1 is 0.719 bits per heavy atom. The molecular weight excluding hydrogens is 917 g/mol. The monoisotopic (exact) mass is 956 g/mol. The standard InChI is InChI=1S/C16H17N3O4S3.C13H13BrO4S3.C5H8N2.C2H3N/c1-19-9-15(18-10-19)11-5-13(25(2,20)21)7-14(6-11)26(22,23)16-4-3-12(8-17)24-16;1-3-10-4-5-13(19-10)21(17,18)12-7-9(14)6-11(8-12)20(2,15)16;1-5-3-7(2)4-6-5;1-2-3/h3-7,9-10H,8,17H2,1-2H3;4-8H,3H2,1-2H3;3-4H,1-2H3;1H3. The summed E-state index contributed by atoms with van der Waals surface area (Å²) in [6.07, 6.45) is 9.85. The van der Waals surface area contributed by atoms with E-state index in [1.54, 1.807) is 54.7 Å². The molecule has 4 heterocycles. The molecule has 306 valence electrons. The SMILES string of the molecule is CC#N.CCc1ccc(S(=O)(=O)c2cc(Br)cc(S(C)(=O)=O)c2)s1.Cc1cn(C)cn1.Cn1cnc(-c2cc(S(C)(=O)=O)cc(S(=O)(=O)c3ccc(CN)s3)c2)c1. The van der Waals surface area contributed by atoms with Crippen LogP contribution in [0.25, 0.3) is 11.3 Å². The minimum Gasteiger partial charge on any atom is -0.340 e. The van der Waals surface area contributed by atoms with Crippen LogP contribution in [0.15, 0.2) is 118 Å². The van der Waals surface area contributed by atoms with Crippen LogP contribution in [0.3, 0.4) is 0 Å². The first-order valence-electron chi connectivity index (χ1n) is 16.4. The smallest absolute Gasteiger partial charge is 0.216 e. The molecule has 0 unspecified atom stereocenters. The number of nitrogens with two attached hydrogens (primary N) is 1. The van der Waals surface area contributed by atoms with Gasteiger partial charge in [-0.15, -0.1) is 22.7 Å². The largest absolute Gasteiger partial charge is 0.340 e. The number of sulfone groups is 4. The minimum absolute atomic E-state index is 0.0253. The van der Waals surface area contributed by atoms with E-state index in [9.17, 15) is 33.7 Å². The maximum atomic E-state index is 13.0. The summed E-state index contributed by atoms with van der Waals surface area (Å²) in [7, 11) is -10.9. The van der Waals surface area contributed by atoms with Crippen molar-refractivity contribution in [2.75, 3.05) is 12.5 Å². The summed E-state index contributed by atoms with van der Waals surface area (Å²) in [4.78, 5) is 9.64. The average Bonchev–Trinajstić information content (AvgIpc) is 3.96. The van der Waals surface area contributed by atoms with Crippen LogP contribution >= 0.6 is 38.6 Å². The second-order valence-corrected chi connectivity index (χ2v) is 23.8. The first-order valence-corrected chi connectivity index (χ1v) is 25.6. The number of hydrogen-bond acceptors (Lipinski definition) is 14. The van der Waals surface area contributed by atoms with E-state index in [1.807, 2.05) is 31.7 Å². The lowest BCUT2D eigenvalue weighted by Gasteiger charge is -2.08. The highest BCUT2D eigenvalue weighted by molar-refractivity contribution is 9.10. The van der Waals surface area contributed by atoms with Crippen LogP contribution < -0.4 is 5.73 Å². The zero-order chi connectivity index (χ0) is 42.9. The summed E-state index contributed by atoms with van der Waals surface area (Å²) in [5.74, 6) is 0. The van der Waals surface area contributed by atoms with Gasteiger partial charge in [-0.2, -0.15) is 5.26 Å². The van der Waals surface area contributed by atoms with Crippen LogP contribution in [-0.2, 0) is 66.4 Å². The fourth-order valence-corrected chi connectivity index (χ4v) is 12.4. The summed E-state index contributed by atoms with van der Waals surface area (Å²) in [6.45, 7) is 5.59. The van der Waals surface area contributed by atoms with Crippen LogP contribution in [0.4, 0.5) is 0 Å². The van der Waals surface area contributed by atoms with Gasteiger partial charge in [0.05, 0.1) is 49.7 Å². The third-order valence-electron chi connectivity index (χ3n) is 7.39. The van der Waals surface area contributed by atoms with Crippen molar-refractivity contribution in [2.24, 2.45) is 19.8 Å². The lowest BCUT2D eigenvalue weighted by molar-refractivity contribution is 0.594. The third-order valence-corrected chi connectivity index (χ3v) is 16.8. The first kappa shape index (κ1) is 47.4. The summed E-state index contributed by atoms with van der Waals surface area (Å²) < 4.78 is 103. The van der Waals surface area contributed by atoms with Gasteiger partial charge in [0.1, 0.15) is 8.42 Å². The van der Waals surface area contributed by atoms with Crippen LogP contribution in [0.5, 0.6) is 0 Å². The predicted octanol–water partition coefficient (Wildman–Crippen LogP) is 6.41. The molecule has 0 spiro atoms. The maximum absolute atomic E-state index is 13.0. The quantitative estimate of drug-likeness (QED) is 0.166. The van der Waals surface area contributed by atoms with Gasteiger partial charge in [0, 0.05) is 72.3 Å². The summed E-state index contributed by atoms with van der Waals surface area (Å²) >= 11 is 5.44. The van der Waals surface area contributed by atoms with Crippen molar-refractivity contribution in [2.45, 2.75) is 61.7 Å². The van der Waals surface area contributed by atoms with Crippen LogP contribution in [0.2, 0.25) is 0 Å². The van der Waals surface area contributed by atoms with Gasteiger partial charge in [-0.25, -0.2) is 43.6 Å². The molecule has 4 aromatic heterocycles. The Labute approximate surface area is 350 Å². The van der Waals surface area contributed by atoms with E-state index in [2.05, 4.69) is 25.9 Å². The molecule has 0 fully saturated rings. The fourth-order valence-electron chi connectivity index (χ4n) is 4.64. The van der Waals surface area contributed by atoms with E-state index in [0.29, 0.717) is 15.7 Å². The minimum atomic E-state index is -3.87. The Kier molecular flexibility index (Phi) is 16.3. The Balaban J connectivity index is 0.000000249. The lowest BCUT2D eigenvalue weighted by Crippen LogP contribution is -2.04. The fraction of sp³-hybridized carbons (Fsp3) is 0.250. The van der Waals surface area contributed by atoms with E-state index in [-0.39, 0.29) is 34.5 Å². The topological polar surface area (TPSA) is 222 Å². The number of nitriles is 1. The maximum Gasteiger partial charge on any atom is 0.216 e. The number of halogens is 1. The molecule has 14 nitrogen and oxygen atoms in total. The molecule has 0 atom stereocenters. The molecule has 0 radical (unpaired) electrons. The number of aromatic nitrogens is 4. The van der Waals surface area contributed by atoms with Crippen molar-refractivity contribution in [3.05, 3.63) is 106 Å². The highest BCUT2D eigenvalue weighted by atomic mass is 79.9. The number of hydrogen-bond donors (Lipinski definition) is 1. The number of aryl methyl sites for hydroxylation is 4. The van der Waals surface area contributed by atoms with E-state index in [4.69, 9.17) is 11.0 Å². The molecule has 6 rings (SSSR count). The second kappa shape index (κ2) is 19.6. The Morgan fingerprint density at radius 3 is 1.54 bits per heavy atom. The predicted molar refractivity (Wildman–Crippen MR) is 225 cm³/mol. The molecule has 2 aromatic carbocycles. The zero-order valence-electron chi connectivity index (χ0n) is 31.9. The number of nitrogens with zero attached hydrogens (tertiary/aromatic N) is 5. The molecule has 0 saturated heterocycles. The van der Waals surface area contributed by atoms with Crippen molar-refractivity contribution in [1.82, 2.24) is 19.1 Å². The zero-order valence-corrected chi connectivity index (χ0v) is 38.4. The molecule has 0 aliphatic carbocycles. The number of thiophene rings is 2. The van der Waals surface area contributed by atoms with Crippen molar-refractivity contribution in [1.29, 1.82) is 5.26 Å². The molecule has 6 aromatic rings. The van der Waals surface area contributed by atoms with Crippen molar-refractivity contribution in [3.8, 4) is 17.3 Å². The molecule has 0 aliphatic heterocycles. The second-order valence-electron chi connectivity index (χ2n) is 12.2. The Hall–Kier alpha value is -4.01. The van der Waals surface area contributed by atoms with E-state index in [0.717, 1.165) is 45.7 Å². The molecule has 21 heteroatoms. The van der Waals surface area contributed by atoms with Gasteiger partial charge in [-0.05, 0) is 74.0 Å².